The van der Waals surface area contributed by atoms with Gasteiger partial charge in [-0.1, -0.05) is 24.3 Å². The van der Waals surface area contributed by atoms with Crippen LogP contribution in [0.25, 0.3) is 22.4 Å². The van der Waals surface area contributed by atoms with Gasteiger partial charge in [-0.25, -0.2) is 4.98 Å². The molecule has 0 bridgehead atoms. The Labute approximate surface area is 134 Å². The van der Waals surface area contributed by atoms with E-state index in [1.165, 1.54) is 0 Å². The van der Waals surface area contributed by atoms with Crippen LogP contribution in [-0.4, -0.2) is 36.1 Å². The Morgan fingerprint density at radius 2 is 1.96 bits per heavy atom. The van der Waals surface area contributed by atoms with Crippen LogP contribution in [0.4, 0.5) is 0 Å². The first-order valence-corrected chi connectivity index (χ1v) is 7.60. The van der Waals surface area contributed by atoms with Crippen molar-refractivity contribution in [1.29, 1.82) is 0 Å². The highest BCUT2D eigenvalue weighted by Crippen LogP contribution is 2.20. The fourth-order valence-electron chi connectivity index (χ4n) is 2.39. The third-order valence-electron chi connectivity index (χ3n) is 3.62. The minimum atomic E-state index is -0.0720. The number of H-pyrrole nitrogens is 1. The second kappa shape index (κ2) is 7.07. The number of fused-ring (bicyclic) bond motifs is 1. The van der Waals surface area contributed by atoms with E-state index >= 15 is 0 Å². The van der Waals surface area contributed by atoms with Crippen molar-refractivity contribution >= 4 is 16.9 Å². The molecule has 0 aliphatic carbocycles. The molecule has 0 aliphatic rings. The Bertz CT molecular complexity index is 760. The van der Waals surface area contributed by atoms with Crippen LogP contribution in [-0.2, 0) is 4.74 Å². The number of nitrogens with zero attached hydrogens (tertiary/aromatic N) is 1. The second-order valence-corrected chi connectivity index (χ2v) is 5.28. The van der Waals surface area contributed by atoms with Crippen molar-refractivity contribution in [2.45, 2.75) is 6.42 Å². The van der Waals surface area contributed by atoms with Crippen molar-refractivity contribution in [3.63, 3.8) is 0 Å². The number of hydrogen-bond acceptors (Lipinski definition) is 3. The van der Waals surface area contributed by atoms with Gasteiger partial charge in [-0.05, 0) is 30.7 Å². The summed E-state index contributed by atoms with van der Waals surface area (Å²) in [7, 11) is 1.65. The van der Waals surface area contributed by atoms with Crippen molar-refractivity contribution < 1.29 is 9.53 Å². The van der Waals surface area contributed by atoms with Gasteiger partial charge in [0, 0.05) is 31.4 Å². The first-order valence-electron chi connectivity index (χ1n) is 7.60. The summed E-state index contributed by atoms with van der Waals surface area (Å²) in [6, 6.07) is 15.3. The number of hydrogen-bond donors (Lipinski definition) is 2. The van der Waals surface area contributed by atoms with Crippen LogP contribution in [0.5, 0.6) is 0 Å². The van der Waals surface area contributed by atoms with Crippen molar-refractivity contribution in [3.8, 4) is 11.4 Å². The number of carbonyl (C=O) groups is 1. The van der Waals surface area contributed by atoms with Gasteiger partial charge in [0.2, 0.25) is 0 Å². The largest absolute Gasteiger partial charge is 0.385 e. The number of methoxy groups -OCH3 is 1. The first-order chi connectivity index (χ1) is 11.3. The monoisotopic (exact) mass is 309 g/mol. The summed E-state index contributed by atoms with van der Waals surface area (Å²) >= 11 is 0. The van der Waals surface area contributed by atoms with E-state index in [0.29, 0.717) is 18.7 Å². The molecule has 0 saturated carbocycles. The molecule has 5 heteroatoms. The Balaban J connectivity index is 1.70. The van der Waals surface area contributed by atoms with Gasteiger partial charge in [0.15, 0.2) is 0 Å². The number of para-hydroxylation sites is 2. The molecule has 3 aromatic rings. The standard InChI is InChI=1S/C18H19N3O2/c1-23-12-4-11-19-18(22)14-9-7-13(8-10-14)17-20-15-5-2-3-6-16(15)21-17/h2-3,5-10H,4,11-12H2,1H3,(H,19,22)(H,20,21). The lowest BCUT2D eigenvalue weighted by Gasteiger charge is -2.05. The molecule has 1 heterocycles. The van der Waals surface area contributed by atoms with E-state index in [4.69, 9.17) is 4.74 Å². The van der Waals surface area contributed by atoms with Gasteiger partial charge in [0.05, 0.1) is 11.0 Å². The van der Waals surface area contributed by atoms with E-state index in [2.05, 4.69) is 15.3 Å². The number of ether oxygens (including phenoxy) is 1. The van der Waals surface area contributed by atoms with Gasteiger partial charge in [0.25, 0.3) is 5.91 Å². The number of aromatic amines is 1. The van der Waals surface area contributed by atoms with Gasteiger partial charge in [-0.15, -0.1) is 0 Å². The third kappa shape index (κ3) is 3.57. The lowest BCUT2D eigenvalue weighted by Crippen LogP contribution is -2.25. The van der Waals surface area contributed by atoms with Crippen molar-refractivity contribution in [2.75, 3.05) is 20.3 Å². The summed E-state index contributed by atoms with van der Waals surface area (Å²) in [5.74, 6) is 0.732. The Hall–Kier alpha value is -2.66. The number of carbonyl (C=O) groups excluding carboxylic acids is 1. The van der Waals surface area contributed by atoms with Crippen LogP contribution in [0.2, 0.25) is 0 Å². The van der Waals surface area contributed by atoms with Crippen LogP contribution in [0.3, 0.4) is 0 Å². The van der Waals surface area contributed by atoms with Crippen LogP contribution >= 0.6 is 0 Å². The SMILES string of the molecule is COCCCNC(=O)c1ccc(-c2nc3ccccc3[nH]2)cc1. The van der Waals surface area contributed by atoms with Gasteiger partial charge in [-0.2, -0.15) is 0 Å². The van der Waals surface area contributed by atoms with Crippen molar-refractivity contribution in [3.05, 3.63) is 54.1 Å². The number of aromatic nitrogens is 2. The van der Waals surface area contributed by atoms with E-state index in [1.807, 2.05) is 48.5 Å². The summed E-state index contributed by atoms with van der Waals surface area (Å²) in [4.78, 5) is 19.9. The first kappa shape index (κ1) is 15.2. The quantitative estimate of drug-likeness (QED) is 0.688. The van der Waals surface area contributed by atoms with Crippen molar-refractivity contribution in [2.24, 2.45) is 0 Å². The highest BCUT2D eigenvalue weighted by molar-refractivity contribution is 5.94. The maximum Gasteiger partial charge on any atom is 0.251 e. The normalized spacial score (nSPS) is 10.8. The van der Waals surface area contributed by atoms with Crippen LogP contribution in [0.1, 0.15) is 16.8 Å². The Morgan fingerprint density at radius 1 is 1.17 bits per heavy atom. The van der Waals surface area contributed by atoms with E-state index in [1.54, 1.807) is 7.11 Å². The predicted octanol–water partition coefficient (Wildman–Crippen LogP) is 3.00. The highest BCUT2D eigenvalue weighted by atomic mass is 16.5. The molecule has 1 aromatic heterocycles. The molecule has 2 aromatic carbocycles. The van der Waals surface area contributed by atoms with Gasteiger partial charge in [-0.3, -0.25) is 4.79 Å². The molecule has 0 saturated heterocycles. The molecule has 0 spiro atoms. The third-order valence-corrected chi connectivity index (χ3v) is 3.62. The number of rotatable bonds is 6. The molecule has 1 amide bonds. The summed E-state index contributed by atoms with van der Waals surface area (Å²) in [5.41, 5.74) is 3.53. The number of imidazole rings is 1. The number of amides is 1. The lowest BCUT2D eigenvalue weighted by molar-refractivity contribution is 0.0948. The fraction of sp³-hybridized carbons (Fsp3) is 0.222. The molecule has 118 valence electrons. The molecule has 5 nitrogen and oxygen atoms in total. The van der Waals surface area contributed by atoms with Gasteiger partial charge in [0.1, 0.15) is 5.82 Å². The smallest absolute Gasteiger partial charge is 0.251 e. The Morgan fingerprint density at radius 3 is 2.70 bits per heavy atom. The summed E-state index contributed by atoms with van der Waals surface area (Å²) in [5, 5.41) is 2.87. The molecular weight excluding hydrogens is 290 g/mol. The molecule has 0 atom stereocenters. The molecule has 23 heavy (non-hydrogen) atoms. The van der Waals surface area contributed by atoms with E-state index < -0.39 is 0 Å². The zero-order chi connectivity index (χ0) is 16.1. The molecule has 0 radical (unpaired) electrons. The van der Waals surface area contributed by atoms with Gasteiger partial charge >= 0.3 is 0 Å². The maximum atomic E-state index is 12.0. The van der Waals surface area contributed by atoms with Crippen LogP contribution < -0.4 is 5.32 Å². The summed E-state index contributed by atoms with van der Waals surface area (Å²) in [6.45, 7) is 1.25. The van der Waals surface area contributed by atoms with E-state index in [9.17, 15) is 4.79 Å². The zero-order valence-electron chi connectivity index (χ0n) is 13.0. The number of nitrogens with one attached hydrogen (secondary N) is 2. The predicted molar refractivity (Wildman–Crippen MR) is 90.4 cm³/mol. The molecule has 2 N–H and O–H groups in total. The topological polar surface area (TPSA) is 67.0 Å². The molecule has 3 rings (SSSR count). The lowest BCUT2D eigenvalue weighted by atomic mass is 10.1. The molecule has 0 unspecified atom stereocenters. The van der Waals surface area contributed by atoms with E-state index in [-0.39, 0.29) is 5.91 Å². The average Bonchev–Trinajstić information content (AvgIpc) is 3.03. The van der Waals surface area contributed by atoms with Gasteiger partial charge < -0.3 is 15.0 Å². The van der Waals surface area contributed by atoms with Crippen LogP contribution in [0.15, 0.2) is 48.5 Å². The fourth-order valence-corrected chi connectivity index (χ4v) is 2.39. The number of benzene rings is 2. The minimum absolute atomic E-state index is 0.0720. The van der Waals surface area contributed by atoms with Crippen LogP contribution in [0, 0.1) is 0 Å². The average molecular weight is 309 g/mol. The molecular formula is C18H19N3O2. The molecule has 0 aliphatic heterocycles. The minimum Gasteiger partial charge on any atom is -0.385 e. The molecule has 0 fully saturated rings. The maximum absolute atomic E-state index is 12.0. The second-order valence-electron chi connectivity index (χ2n) is 5.28. The highest BCUT2D eigenvalue weighted by Gasteiger charge is 2.08. The summed E-state index contributed by atoms with van der Waals surface area (Å²) in [6.07, 6.45) is 0.805. The zero-order valence-corrected chi connectivity index (χ0v) is 13.0. The summed E-state index contributed by atoms with van der Waals surface area (Å²) < 4.78 is 4.96. The Kier molecular flexibility index (Phi) is 4.68. The van der Waals surface area contributed by atoms with E-state index in [0.717, 1.165) is 28.8 Å². The van der Waals surface area contributed by atoms with Crippen molar-refractivity contribution in [1.82, 2.24) is 15.3 Å².